The van der Waals surface area contributed by atoms with Crippen LogP contribution in [0.2, 0.25) is 0 Å². The Morgan fingerprint density at radius 3 is 2.94 bits per heavy atom. The normalized spacial score (nSPS) is 24.6. The van der Waals surface area contributed by atoms with Gasteiger partial charge in [-0.05, 0) is 35.2 Å². The summed E-state index contributed by atoms with van der Waals surface area (Å²) in [6.07, 6.45) is 4.03. The van der Waals surface area contributed by atoms with Crippen LogP contribution in [0.3, 0.4) is 0 Å². The van der Waals surface area contributed by atoms with Gasteiger partial charge in [0.15, 0.2) is 0 Å². The van der Waals surface area contributed by atoms with Gasteiger partial charge in [-0.1, -0.05) is 12.8 Å². The number of thiophene rings is 1. The number of nitrogens with zero attached hydrogens (tertiary/aromatic N) is 1. The van der Waals surface area contributed by atoms with Gasteiger partial charge in [-0.2, -0.15) is 11.3 Å². The fraction of sp³-hybridized carbons (Fsp3) is 0.615. The van der Waals surface area contributed by atoms with Crippen molar-refractivity contribution in [2.45, 2.75) is 44.2 Å². The van der Waals surface area contributed by atoms with E-state index >= 15 is 0 Å². The minimum absolute atomic E-state index is 0.00915. The summed E-state index contributed by atoms with van der Waals surface area (Å²) in [7, 11) is 1.81. The molecular weight excluding hydrogens is 234 g/mol. The Morgan fingerprint density at radius 2 is 2.29 bits per heavy atom. The van der Waals surface area contributed by atoms with E-state index < -0.39 is 0 Å². The third-order valence-electron chi connectivity index (χ3n) is 3.52. The second-order valence-corrected chi connectivity index (χ2v) is 5.51. The molecule has 1 aromatic heterocycles. The minimum atomic E-state index is -0.347. The summed E-state index contributed by atoms with van der Waals surface area (Å²) < 4.78 is 0. The van der Waals surface area contributed by atoms with Crippen molar-refractivity contribution >= 4 is 17.2 Å². The molecule has 1 saturated carbocycles. The molecule has 1 aliphatic rings. The monoisotopic (exact) mass is 253 g/mol. The highest BCUT2D eigenvalue weighted by molar-refractivity contribution is 7.07. The molecule has 0 aromatic carbocycles. The van der Waals surface area contributed by atoms with Crippen LogP contribution in [0.1, 0.15) is 31.2 Å². The van der Waals surface area contributed by atoms with Crippen LogP contribution in [-0.4, -0.2) is 35.1 Å². The van der Waals surface area contributed by atoms with Crippen LogP contribution >= 0.6 is 11.3 Å². The molecule has 2 atom stereocenters. The van der Waals surface area contributed by atoms with Crippen LogP contribution < -0.4 is 0 Å². The molecule has 1 N–H and O–H groups in total. The standard InChI is InChI=1S/C13H19NO2S/c1-14(11-4-2-3-5-12(11)15)13(16)8-10-6-7-17-9-10/h6-7,9,11-12,15H,2-5,8H2,1H3. The Labute approximate surface area is 106 Å². The van der Waals surface area contributed by atoms with E-state index in [4.69, 9.17) is 0 Å². The molecule has 0 spiro atoms. The van der Waals surface area contributed by atoms with E-state index in [2.05, 4.69) is 0 Å². The fourth-order valence-corrected chi connectivity index (χ4v) is 3.09. The number of carbonyl (C=O) groups is 1. The summed E-state index contributed by atoms with van der Waals surface area (Å²) in [5.74, 6) is 0.106. The number of likely N-dealkylation sites (N-methyl/N-ethyl adjacent to an activating group) is 1. The third kappa shape index (κ3) is 3.07. The lowest BCUT2D eigenvalue weighted by molar-refractivity contribution is -0.134. The van der Waals surface area contributed by atoms with Crippen LogP contribution in [0.15, 0.2) is 16.8 Å². The van der Waals surface area contributed by atoms with Crippen molar-refractivity contribution in [1.82, 2.24) is 4.90 Å². The number of aliphatic hydroxyl groups excluding tert-OH is 1. The molecule has 17 heavy (non-hydrogen) atoms. The number of rotatable bonds is 3. The van der Waals surface area contributed by atoms with Crippen LogP contribution in [-0.2, 0) is 11.2 Å². The van der Waals surface area contributed by atoms with Gasteiger partial charge in [-0.25, -0.2) is 0 Å². The average molecular weight is 253 g/mol. The molecule has 0 bridgehead atoms. The van der Waals surface area contributed by atoms with Gasteiger partial charge in [0.05, 0.1) is 18.6 Å². The summed E-state index contributed by atoms with van der Waals surface area (Å²) in [4.78, 5) is 13.8. The Balaban J connectivity index is 1.94. The lowest BCUT2D eigenvalue weighted by Crippen LogP contribution is -2.46. The van der Waals surface area contributed by atoms with Gasteiger partial charge < -0.3 is 10.0 Å². The van der Waals surface area contributed by atoms with Crippen LogP contribution in [0.25, 0.3) is 0 Å². The summed E-state index contributed by atoms with van der Waals surface area (Å²) >= 11 is 1.61. The number of hydrogen-bond donors (Lipinski definition) is 1. The lowest BCUT2D eigenvalue weighted by Gasteiger charge is -2.35. The summed E-state index contributed by atoms with van der Waals surface area (Å²) in [5.41, 5.74) is 1.07. The predicted molar refractivity (Wildman–Crippen MR) is 69.1 cm³/mol. The largest absolute Gasteiger partial charge is 0.391 e. The minimum Gasteiger partial charge on any atom is -0.391 e. The summed E-state index contributed by atoms with van der Waals surface area (Å²) in [5, 5.41) is 13.9. The molecule has 3 nitrogen and oxygen atoms in total. The average Bonchev–Trinajstić information content (AvgIpc) is 2.81. The van der Waals surface area contributed by atoms with Crippen LogP contribution in [0, 0.1) is 0 Å². The zero-order valence-corrected chi connectivity index (χ0v) is 10.9. The van der Waals surface area contributed by atoms with Crippen molar-refractivity contribution in [1.29, 1.82) is 0 Å². The molecule has 0 aliphatic heterocycles. The Kier molecular flexibility index (Phi) is 4.18. The maximum absolute atomic E-state index is 12.1. The maximum atomic E-state index is 12.1. The van der Waals surface area contributed by atoms with Crippen molar-refractivity contribution in [2.75, 3.05) is 7.05 Å². The lowest BCUT2D eigenvalue weighted by atomic mass is 9.91. The Bertz CT molecular complexity index is 364. The van der Waals surface area contributed by atoms with Gasteiger partial charge in [-0.15, -0.1) is 0 Å². The molecule has 1 heterocycles. The van der Waals surface area contributed by atoms with Crippen molar-refractivity contribution in [3.8, 4) is 0 Å². The highest BCUT2D eigenvalue weighted by Gasteiger charge is 2.29. The number of carbonyl (C=O) groups excluding carboxylic acids is 1. The van der Waals surface area contributed by atoms with E-state index in [0.29, 0.717) is 6.42 Å². The van der Waals surface area contributed by atoms with E-state index in [-0.39, 0.29) is 18.1 Å². The Hall–Kier alpha value is -0.870. The SMILES string of the molecule is CN(C(=O)Cc1ccsc1)C1CCCCC1O. The Morgan fingerprint density at radius 1 is 1.53 bits per heavy atom. The first-order chi connectivity index (χ1) is 8.18. The van der Waals surface area contributed by atoms with Gasteiger partial charge in [0.25, 0.3) is 0 Å². The van der Waals surface area contributed by atoms with E-state index in [1.165, 1.54) is 0 Å². The van der Waals surface area contributed by atoms with E-state index in [1.807, 2.05) is 23.9 Å². The molecule has 4 heteroatoms. The molecule has 2 rings (SSSR count). The second-order valence-electron chi connectivity index (χ2n) is 4.73. The quantitative estimate of drug-likeness (QED) is 0.895. The zero-order chi connectivity index (χ0) is 12.3. The maximum Gasteiger partial charge on any atom is 0.227 e. The number of aliphatic hydroxyl groups is 1. The van der Waals surface area contributed by atoms with Crippen molar-refractivity contribution in [3.63, 3.8) is 0 Å². The van der Waals surface area contributed by atoms with Crippen LogP contribution in [0.4, 0.5) is 0 Å². The summed E-state index contributed by atoms with van der Waals surface area (Å²) in [6, 6.07) is 1.99. The van der Waals surface area contributed by atoms with Gasteiger partial charge >= 0.3 is 0 Å². The van der Waals surface area contributed by atoms with Crippen molar-refractivity contribution < 1.29 is 9.90 Å². The van der Waals surface area contributed by atoms with Gasteiger partial charge in [0.1, 0.15) is 0 Å². The highest BCUT2D eigenvalue weighted by atomic mass is 32.1. The third-order valence-corrected chi connectivity index (χ3v) is 4.25. The van der Waals surface area contributed by atoms with Gasteiger partial charge in [-0.3, -0.25) is 4.79 Å². The first kappa shape index (κ1) is 12.6. The van der Waals surface area contributed by atoms with Gasteiger partial charge in [0, 0.05) is 7.05 Å². The fourth-order valence-electron chi connectivity index (χ4n) is 2.42. The van der Waals surface area contributed by atoms with E-state index in [9.17, 15) is 9.90 Å². The smallest absolute Gasteiger partial charge is 0.227 e. The second kappa shape index (κ2) is 5.65. The molecule has 94 valence electrons. The molecule has 1 aliphatic carbocycles. The predicted octanol–water partition coefficient (Wildman–Crippen LogP) is 2.05. The van der Waals surface area contributed by atoms with E-state index in [0.717, 1.165) is 31.2 Å². The number of amides is 1. The zero-order valence-electron chi connectivity index (χ0n) is 10.1. The molecule has 0 saturated heterocycles. The first-order valence-corrected chi connectivity index (χ1v) is 7.07. The van der Waals surface area contributed by atoms with Gasteiger partial charge in [0.2, 0.25) is 5.91 Å². The number of hydrogen-bond acceptors (Lipinski definition) is 3. The molecule has 1 aromatic rings. The van der Waals surface area contributed by atoms with Crippen LogP contribution in [0.5, 0.6) is 0 Å². The molecule has 2 unspecified atom stereocenters. The molecule has 0 radical (unpaired) electrons. The topological polar surface area (TPSA) is 40.5 Å². The molecular formula is C13H19NO2S. The van der Waals surface area contributed by atoms with Crippen molar-refractivity contribution in [2.24, 2.45) is 0 Å². The highest BCUT2D eigenvalue weighted by Crippen LogP contribution is 2.23. The molecule has 1 amide bonds. The first-order valence-electron chi connectivity index (χ1n) is 6.13. The summed E-state index contributed by atoms with van der Waals surface area (Å²) in [6.45, 7) is 0. The van der Waals surface area contributed by atoms with E-state index in [1.54, 1.807) is 16.2 Å². The molecule has 1 fully saturated rings. The van der Waals surface area contributed by atoms with Crippen molar-refractivity contribution in [3.05, 3.63) is 22.4 Å².